The van der Waals surface area contributed by atoms with Crippen LogP contribution < -0.4 is 16.0 Å². The van der Waals surface area contributed by atoms with Gasteiger partial charge in [0.1, 0.15) is 23.2 Å². The Bertz CT molecular complexity index is 621. The lowest BCUT2D eigenvalue weighted by Gasteiger charge is -2.11. The molecule has 0 fully saturated rings. The first-order valence-corrected chi connectivity index (χ1v) is 6.25. The van der Waals surface area contributed by atoms with Gasteiger partial charge in [-0.3, -0.25) is 0 Å². The van der Waals surface area contributed by atoms with Gasteiger partial charge in [-0.2, -0.15) is 4.98 Å². The van der Waals surface area contributed by atoms with Crippen molar-refractivity contribution in [2.45, 2.75) is 13.8 Å². The molecule has 7 heteroatoms. The second-order valence-corrected chi connectivity index (χ2v) is 4.73. The van der Waals surface area contributed by atoms with Gasteiger partial charge in [0.05, 0.1) is 10.0 Å². The largest absolute Gasteiger partial charge is 0.439 e. The number of hydrogen-bond acceptors (Lipinski definition) is 5. The molecule has 0 aliphatic heterocycles. The Morgan fingerprint density at radius 3 is 2.68 bits per heavy atom. The van der Waals surface area contributed by atoms with Crippen molar-refractivity contribution in [1.82, 2.24) is 9.97 Å². The quantitative estimate of drug-likeness (QED) is 0.669. The van der Waals surface area contributed by atoms with Crippen molar-refractivity contribution in [3.8, 4) is 11.6 Å². The zero-order chi connectivity index (χ0) is 14.0. The Kier molecular flexibility index (Phi) is 3.96. The SMILES string of the molecule is Cc1nc(NN)c(C)c(Oc2ccc(F)c(Br)c2)n1. The molecule has 0 bridgehead atoms. The van der Waals surface area contributed by atoms with Crippen molar-refractivity contribution in [3.05, 3.63) is 39.9 Å². The van der Waals surface area contributed by atoms with E-state index in [2.05, 4.69) is 31.3 Å². The number of aromatic nitrogens is 2. The Balaban J connectivity index is 2.37. The topological polar surface area (TPSA) is 73.1 Å². The molecule has 0 saturated heterocycles. The fourth-order valence-electron chi connectivity index (χ4n) is 1.49. The van der Waals surface area contributed by atoms with Crippen LogP contribution in [0.25, 0.3) is 0 Å². The van der Waals surface area contributed by atoms with E-state index in [4.69, 9.17) is 10.6 Å². The molecule has 0 spiro atoms. The van der Waals surface area contributed by atoms with Crippen LogP contribution >= 0.6 is 15.9 Å². The van der Waals surface area contributed by atoms with Gasteiger partial charge in [-0.15, -0.1) is 0 Å². The number of anilines is 1. The maximum atomic E-state index is 13.1. The van der Waals surface area contributed by atoms with Gasteiger partial charge in [0.25, 0.3) is 0 Å². The monoisotopic (exact) mass is 326 g/mol. The summed E-state index contributed by atoms with van der Waals surface area (Å²) in [4.78, 5) is 8.32. The van der Waals surface area contributed by atoms with E-state index in [1.54, 1.807) is 13.8 Å². The van der Waals surface area contributed by atoms with Crippen molar-refractivity contribution >= 4 is 21.7 Å². The van der Waals surface area contributed by atoms with Gasteiger partial charge in [0, 0.05) is 0 Å². The van der Waals surface area contributed by atoms with E-state index in [9.17, 15) is 4.39 Å². The van der Waals surface area contributed by atoms with Gasteiger partial charge in [0.15, 0.2) is 0 Å². The Labute approximate surface area is 118 Å². The first-order chi connectivity index (χ1) is 9.01. The Hall–Kier alpha value is -1.73. The predicted molar refractivity (Wildman–Crippen MR) is 73.5 cm³/mol. The summed E-state index contributed by atoms with van der Waals surface area (Å²) in [7, 11) is 0. The van der Waals surface area contributed by atoms with Crippen LogP contribution in [0, 0.1) is 19.7 Å². The van der Waals surface area contributed by atoms with Gasteiger partial charge in [-0.1, -0.05) is 0 Å². The lowest BCUT2D eigenvalue weighted by molar-refractivity contribution is 0.454. The third-order valence-corrected chi connectivity index (χ3v) is 3.06. The molecule has 0 aliphatic carbocycles. The van der Waals surface area contributed by atoms with Gasteiger partial charge in [-0.05, 0) is 48.0 Å². The molecule has 1 heterocycles. The maximum Gasteiger partial charge on any atom is 0.227 e. The van der Waals surface area contributed by atoms with E-state index in [-0.39, 0.29) is 5.82 Å². The normalized spacial score (nSPS) is 10.4. The highest BCUT2D eigenvalue weighted by Crippen LogP contribution is 2.29. The van der Waals surface area contributed by atoms with Crippen molar-refractivity contribution in [2.24, 2.45) is 5.84 Å². The third kappa shape index (κ3) is 2.99. The van der Waals surface area contributed by atoms with Crippen LogP contribution in [0.2, 0.25) is 0 Å². The van der Waals surface area contributed by atoms with Gasteiger partial charge in [-0.25, -0.2) is 15.2 Å². The highest BCUT2D eigenvalue weighted by atomic mass is 79.9. The minimum atomic E-state index is -0.354. The molecule has 3 N–H and O–H groups in total. The summed E-state index contributed by atoms with van der Waals surface area (Å²) in [5, 5.41) is 0. The highest BCUT2D eigenvalue weighted by Gasteiger charge is 2.11. The number of hydrogen-bond donors (Lipinski definition) is 2. The summed E-state index contributed by atoms with van der Waals surface area (Å²) in [6.45, 7) is 3.51. The molecule has 0 aliphatic rings. The Morgan fingerprint density at radius 2 is 2.05 bits per heavy atom. The number of rotatable bonds is 3. The molecule has 0 atom stereocenters. The maximum absolute atomic E-state index is 13.1. The molecule has 1 aromatic heterocycles. The standard InChI is InChI=1S/C12H12BrFN4O/c1-6-11(18-15)16-7(2)17-12(6)19-8-3-4-10(14)9(13)5-8/h3-5H,15H2,1-2H3,(H,16,17,18). The van der Waals surface area contributed by atoms with Crippen LogP contribution in [-0.4, -0.2) is 9.97 Å². The summed E-state index contributed by atoms with van der Waals surface area (Å²) < 4.78 is 19.1. The van der Waals surface area contributed by atoms with Gasteiger partial charge < -0.3 is 10.2 Å². The zero-order valence-electron chi connectivity index (χ0n) is 10.4. The number of nitrogens with two attached hydrogens (primary N) is 1. The molecule has 19 heavy (non-hydrogen) atoms. The van der Waals surface area contributed by atoms with Gasteiger partial charge >= 0.3 is 0 Å². The summed E-state index contributed by atoms with van der Waals surface area (Å²) in [6.07, 6.45) is 0. The van der Waals surface area contributed by atoms with Crippen LogP contribution in [0.15, 0.2) is 22.7 Å². The average Bonchev–Trinajstić information content (AvgIpc) is 2.37. The summed E-state index contributed by atoms with van der Waals surface area (Å²) in [5.41, 5.74) is 3.16. The number of ether oxygens (including phenoxy) is 1. The highest BCUT2D eigenvalue weighted by molar-refractivity contribution is 9.10. The number of nitrogens with one attached hydrogen (secondary N) is 1. The number of hydrazine groups is 1. The van der Waals surface area contributed by atoms with Crippen molar-refractivity contribution in [2.75, 3.05) is 5.43 Å². The lowest BCUT2D eigenvalue weighted by atomic mass is 10.3. The van der Waals surface area contributed by atoms with E-state index in [0.717, 1.165) is 0 Å². The van der Waals surface area contributed by atoms with Crippen molar-refractivity contribution < 1.29 is 9.13 Å². The minimum Gasteiger partial charge on any atom is -0.439 e. The smallest absolute Gasteiger partial charge is 0.227 e. The van der Waals surface area contributed by atoms with E-state index in [1.807, 2.05) is 0 Å². The molecular weight excluding hydrogens is 315 g/mol. The van der Waals surface area contributed by atoms with Crippen LogP contribution in [0.3, 0.4) is 0 Å². The Morgan fingerprint density at radius 1 is 1.32 bits per heavy atom. The van der Waals surface area contributed by atoms with Crippen LogP contribution in [0.5, 0.6) is 11.6 Å². The third-order valence-electron chi connectivity index (χ3n) is 2.46. The summed E-state index contributed by atoms with van der Waals surface area (Å²) >= 11 is 3.10. The second-order valence-electron chi connectivity index (χ2n) is 3.87. The van der Waals surface area contributed by atoms with Crippen LogP contribution in [0.1, 0.15) is 11.4 Å². The number of halogens is 2. The molecule has 0 saturated carbocycles. The van der Waals surface area contributed by atoms with Crippen LogP contribution in [0.4, 0.5) is 10.2 Å². The molecular formula is C12H12BrFN4O. The minimum absolute atomic E-state index is 0.325. The summed E-state index contributed by atoms with van der Waals surface area (Å²) in [5.74, 6) is 6.87. The number of aryl methyl sites for hydroxylation is 1. The summed E-state index contributed by atoms with van der Waals surface area (Å²) in [6, 6.07) is 4.36. The van der Waals surface area contributed by atoms with E-state index >= 15 is 0 Å². The van der Waals surface area contributed by atoms with Gasteiger partial charge in [0.2, 0.25) is 5.88 Å². The number of nitrogen functional groups attached to an aromatic ring is 1. The fraction of sp³-hybridized carbons (Fsp3) is 0.167. The molecule has 100 valence electrons. The van der Waals surface area contributed by atoms with Crippen molar-refractivity contribution in [1.29, 1.82) is 0 Å². The molecule has 0 unspecified atom stereocenters. The van der Waals surface area contributed by atoms with Crippen molar-refractivity contribution in [3.63, 3.8) is 0 Å². The van der Waals surface area contributed by atoms with E-state index < -0.39 is 0 Å². The molecule has 1 aromatic carbocycles. The number of nitrogens with zero attached hydrogens (tertiary/aromatic N) is 2. The first-order valence-electron chi connectivity index (χ1n) is 5.46. The molecule has 0 amide bonds. The molecule has 0 radical (unpaired) electrons. The van der Waals surface area contributed by atoms with E-state index in [0.29, 0.717) is 33.3 Å². The van der Waals surface area contributed by atoms with Crippen LogP contribution in [-0.2, 0) is 0 Å². The first kappa shape index (κ1) is 13.7. The molecule has 2 aromatic rings. The fourth-order valence-corrected chi connectivity index (χ4v) is 1.85. The molecule has 5 nitrogen and oxygen atoms in total. The lowest BCUT2D eigenvalue weighted by Crippen LogP contribution is -2.12. The zero-order valence-corrected chi connectivity index (χ0v) is 12.0. The van der Waals surface area contributed by atoms with E-state index in [1.165, 1.54) is 18.2 Å². The molecule has 2 rings (SSSR count). The number of benzene rings is 1. The predicted octanol–water partition coefficient (Wildman–Crippen LogP) is 3.07. The average molecular weight is 327 g/mol. The second kappa shape index (κ2) is 5.50.